The van der Waals surface area contributed by atoms with E-state index in [0.717, 1.165) is 22.3 Å². The van der Waals surface area contributed by atoms with Gasteiger partial charge in [0.2, 0.25) is 0 Å². The van der Waals surface area contributed by atoms with Crippen molar-refractivity contribution >= 4 is 35.0 Å². The summed E-state index contributed by atoms with van der Waals surface area (Å²) in [6.45, 7) is 0.163. The number of methoxy groups -OCH3 is 1. The molecule has 0 bridgehead atoms. The molecule has 3 rings (SSSR count). The number of rotatable bonds is 6. The van der Waals surface area contributed by atoms with E-state index < -0.39 is 5.91 Å². The molecule has 0 radical (unpaired) electrons. The number of hydrogen-bond donors (Lipinski definition) is 1. The van der Waals surface area contributed by atoms with Crippen LogP contribution in [0.3, 0.4) is 0 Å². The zero-order valence-electron chi connectivity index (χ0n) is 14.2. The van der Waals surface area contributed by atoms with Gasteiger partial charge >= 0.3 is 0 Å². The molecule has 0 unspecified atom stereocenters. The molecule has 1 aromatic heterocycles. The third-order valence-electron chi connectivity index (χ3n) is 3.61. The Kier molecular flexibility index (Phi) is 6.08. The predicted octanol–water partition coefficient (Wildman–Crippen LogP) is 3.89. The van der Waals surface area contributed by atoms with Gasteiger partial charge in [-0.2, -0.15) is 5.26 Å². The first-order valence-corrected chi connectivity index (χ1v) is 8.98. The number of amides is 1. The normalized spacial score (nSPS) is 10.4. The van der Waals surface area contributed by atoms with Gasteiger partial charge in [-0.15, -0.1) is 5.10 Å². The van der Waals surface area contributed by atoms with Gasteiger partial charge in [-0.1, -0.05) is 16.8 Å². The number of halogens is 1. The smallest absolute Gasteiger partial charge is 0.278 e. The number of ether oxygens (including phenoxy) is 1. The zero-order chi connectivity index (χ0) is 19.2. The highest BCUT2D eigenvalue weighted by molar-refractivity contribution is 8.03. The van der Waals surface area contributed by atoms with Crippen LogP contribution in [0.15, 0.2) is 53.4 Å². The number of hydrogen-bond acceptors (Lipinski definition) is 6. The molecule has 27 heavy (non-hydrogen) atoms. The molecular weight excluding hydrogens is 386 g/mol. The molecule has 0 aliphatic carbocycles. The largest absolute Gasteiger partial charge is 0.378 e. The summed E-state index contributed by atoms with van der Waals surface area (Å²) in [5.41, 5.74) is 2.00. The van der Waals surface area contributed by atoms with Gasteiger partial charge in [0.15, 0.2) is 5.69 Å². The number of carbonyl (C=O) groups excluding carboxylic acids is 1. The third kappa shape index (κ3) is 4.46. The average molecular weight is 400 g/mol. The van der Waals surface area contributed by atoms with E-state index in [9.17, 15) is 4.79 Å². The van der Waals surface area contributed by atoms with Gasteiger partial charge in [0, 0.05) is 22.7 Å². The quantitative estimate of drug-likeness (QED) is 0.499. The van der Waals surface area contributed by atoms with E-state index in [2.05, 4.69) is 15.6 Å². The summed E-state index contributed by atoms with van der Waals surface area (Å²) in [6.07, 6.45) is 0. The lowest BCUT2D eigenvalue weighted by atomic mass is 10.2. The fourth-order valence-corrected chi connectivity index (χ4v) is 2.89. The maximum atomic E-state index is 12.7. The second-order valence-corrected chi connectivity index (χ2v) is 6.67. The van der Waals surface area contributed by atoms with Crippen molar-refractivity contribution in [3.8, 4) is 11.1 Å². The van der Waals surface area contributed by atoms with Crippen molar-refractivity contribution in [2.24, 2.45) is 0 Å². The van der Waals surface area contributed by atoms with Gasteiger partial charge in [-0.25, -0.2) is 4.68 Å². The van der Waals surface area contributed by atoms with Crippen LogP contribution in [0.5, 0.6) is 0 Å². The van der Waals surface area contributed by atoms with E-state index in [1.807, 2.05) is 5.40 Å². The van der Waals surface area contributed by atoms with Crippen LogP contribution in [0, 0.1) is 10.7 Å². The number of carbonyl (C=O) groups is 1. The van der Waals surface area contributed by atoms with Crippen LogP contribution in [0.4, 0.5) is 5.69 Å². The van der Waals surface area contributed by atoms with Gasteiger partial charge in [0.05, 0.1) is 12.3 Å². The fourth-order valence-electron chi connectivity index (χ4n) is 2.38. The van der Waals surface area contributed by atoms with Gasteiger partial charge in [0.1, 0.15) is 11.1 Å². The van der Waals surface area contributed by atoms with Crippen LogP contribution in [0.25, 0.3) is 5.69 Å². The number of nitrogens with zero attached hydrogens (tertiary/aromatic N) is 4. The minimum atomic E-state index is -0.400. The fraction of sp³-hybridized carbons (Fsp3) is 0.111. The Morgan fingerprint density at radius 2 is 1.96 bits per heavy atom. The van der Waals surface area contributed by atoms with Crippen LogP contribution < -0.4 is 5.32 Å². The maximum absolute atomic E-state index is 12.7. The minimum Gasteiger partial charge on any atom is -0.378 e. The molecule has 1 heterocycles. The number of thioether (sulfide) groups is 1. The lowest BCUT2D eigenvalue weighted by molar-refractivity contribution is 0.101. The molecule has 2 aromatic carbocycles. The monoisotopic (exact) mass is 399 g/mol. The van der Waals surface area contributed by atoms with Crippen molar-refractivity contribution in [2.75, 3.05) is 12.4 Å². The van der Waals surface area contributed by atoms with Crippen molar-refractivity contribution in [1.29, 1.82) is 5.26 Å². The summed E-state index contributed by atoms with van der Waals surface area (Å²) in [7, 11) is 1.53. The Labute approximate surface area is 164 Å². The Morgan fingerprint density at radius 3 is 2.59 bits per heavy atom. The number of nitrogens with one attached hydrogen (secondary N) is 1. The minimum absolute atomic E-state index is 0.163. The van der Waals surface area contributed by atoms with E-state index in [0.29, 0.717) is 16.4 Å². The Balaban J connectivity index is 1.86. The topological polar surface area (TPSA) is 92.8 Å². The van der Waals surface area contributed by atoms with Gasteiger partial charge in [-0.3, -0.25) is 4.79 Å². The van der Waals surface area contributed by atoms with E-state index in [1.54, 1.807) is 53.2 Å². The average Bonchev–Trinajstić information content (AvgIpc) is 3.08. The van der Waals surface area contributed by atoms with Crippen LogP contribution in [0.2, 0.25) is 5.02 Å². The summed E-state index contributed by atoms with van der Waals surface area (Å²) >= 11 is 6.97. The molecule has 136 valence electrons. The number of aromatic nitrogens is 3. The predicted molar refractivity (Wildman–Crippen MR) is 103 cm³/mol. The molecular formula is C18H14ClN5O2S. The van der Waals surface area contributed by atoms with Crippen molar-refractivity contribution in [3.63, 3.8) is 0 Å². The third-order valence-corrected chi connectivity index (χ3v) is 4.46. The number of benzene rings is 2. The van der Waals surface area contributed by atoms with Gasteiger partial charge in [-0.05, 0) is 60.3 Å². The first-order valence-electron chi connectivity index (χ1n) is 7.79. The van der Waals surface area contributed by atoms with Crippen LogP contribution >= 0.6 is 23.4 Å². The highest BCUT2D eigenvalue weighted by Gasteiger charge is 2.20. The summed E-state index contributed by atoms with van der Waals surface area (Å²) in [4.78, 5) is 13.5. The molecule has 0 saturated heterocycles. The Bertz CT molecular complexity index is 980. The standard InChI is InChI=1S/C18H14ClN5O2S/c1-26-10-16-17(22-23-24(16)14-6-2-12(19)3-7-14)18(25)21-13-4-8-15(9-5-13)27-11-20/h2-9H,10H2,1H3,(H,21,25). The molecule has 9 heteroatoms. The molecule has 3 aromatic rings. The molecule has 7 nitrogen and oxygen atoms in total. The zero-order valence-corrected chi connectivity index (χ0v) is 15.8. The molecule has 1 amide bonds. The molecule has 0 spiro atoms. The van der Waals surface area contributed by atoms with Gasteiger partial charge in [0.25, 0.3) is 5.91 Å². The van der Waals surface area contributed by atoms with Crippen LogP contribution in [-0.4, -0.2) is 28.0 Å². The first-order chi connectivity index (χ1) is 13.1. The Morgan fingerprint density at radius 1 is 1.26 bits per heavy atom. The summed E-state index contributed by atoms with van der Waals surface area (Å²) < 4.78 is 6.76. The summed E-state index contributed by atoms with van der Waals surface area (Å²) in [5.74, 6) is -0.400. The SMILES string of the molecule is COCc1c(C(=O)Nc2ccc(SC#N)cc2)nnn1-c1ccc(Cl)cc1. The number of anilines is 1. The van der Waals surface area contributed by atoms with E-state index in [1.165, 1.54) is 7.11 Å². The maximum Gasteiger partial charge on any atom is 0.278 e. The summed E-state index contributed by atoms with van der Waals surface area (Å²) in [6, 6.07) is 14.0. The van der Waals surface area contributed by atoms with E-state index in [-0.39, 0.29) is 12.3 Å². The number of thiocyanates is 1. The van der Waals surface area contributed by atoms with Crippen LogP contribution in [0.1, 0.15) is 16.2 Å². The first kappa shape index (κ1) is 18.9. The van der Waals surface area contributed by atoms with Crippen LogP contribution in [-0.2, 0) is 11.3 Å². The molecule has 0 aliphatic heterocycles. The lowest BCUT2D eigenvalue weighted by Crippen LogP contribution is -2.16. The highest BCUT2D eigenvalue weighted by atomic mass is 35.5. The van der Waals surface area contributed by atoms with Crippen molar-refractivity contribution in [1.82, 2.24) is 15.0 Å². The van der Waals surface area contributed by atoms with Gasteiger partial charge < -0.3 is 10.1 Å². The van der Waals surface area contributed by atoms with Crippen molar-refractivity contribution < 1.29 is 9.53 Å². The Hall–Kier alpha value is -2.86. The van der Waals surface area contributed by atoms with Crippen molar-refractivity contribution in [2.45, 2.75) is 11.5 Å². The second-order valence-electron chi connectivity index (χ2n) is 5.38. The number of nitriles is 1. The summed E-state index contributed by atoms with van der Waals surface area (Å²) in [5, 5.41) is 22.2. The lowest BCUT2D eigenvalue weighted by Gasteiger charge is -2.08. The molecule has 0 aliphatic rings. The second kappa shape index (κ2) is 8.68. The van der Waals surface area contributed by atoms with E-state index in [4.69, 9.17) is 21.6 Å². The molecule has 0 saturated carbocycles. The van der Waals surface area contributed by atoms with Crippen molar-refractivity contribution in [3.05, 3.63) is 64.9 Å². The molecule has 0 atom stereocenters. The molecule has 0 fully saturated rings. The highest BCUT2D eigenvalue weighted by Crippen LogP contribution is 2.21. The molecule has 1 N–H and O–H groups in total. The van der Waals surface area contributed by atoms with E-state index >= 15 is 0 Å².